The number of ether oxygens (including phenoxy) is 1. The molecule has 3 nitrogen and oxygen atoms in total. The second-order valence-corrected chi connectivity index (χ2v) is 3.84. The standard InChI is InChI=1S/C10H13Cl2NO2/c1-13-7(5-14)6-15-10-8(11)3-2-4-9(10)12/h2-4,7,13-14H,5-6H2,1H3. The molecule has 0 fully saturated rings. The number of likely N-dealkylation sites (N-methyl/N-ethyl adjacent to an activating group) is 1. The van der Waals surface area contributed by atoms with Crippen molar-refractivity contribution in [1.82, 2.24) is 5.32 Å². The normalized spacial score (nSPS) is 12.5. The lowest BCUT2D eigenvalue weighted by molar-refractivity contribution is 0.189. The fourth-order valence-electron chi connectivity index (χ4n) is 1.03. The van der Waals surface area contributed by atoms with Gasteiger partial charge in [-0.15, -0.1) is 0 Å². The quantitative estimate of drug-likeness (QED) is 0.839. The summed E-state index contributed by atoms with van der Waals surface area (Å²) in [7, 11) is 1.75. The minimum Gasteiger partial charge on any atom is -0.489 e. The van der Waals surface area contributed by atoms with E-state index in [4.69, 9.17) is 33.0 Å². The molecule has 2 N–H and O–H groups in total. The summed E-state index contributed by atoms with van der Waals surface area (Å²) in [6.07, 6.45) is 0. The third-order valence-corrected chi connectivity index (χ3v) is 2.57. The number of aliphatic hydroxyl groups excluding tert-OH is 1. The molecule has 0 aliphatic carbocycles. The van der Waals surface area contributed by atoms with E-state index in [9.17, 15) is 0 Å². The van der Waals surface area contributed by atoms with Crippen LogP contribution in [0, 0.1) is 0 Å². The van der Waals surface area contributed by atoms with Crippen molar-refractivity contribution in [3.05, 3.63) is 28.2 Å². The SMILES string of the molecule is CNC(CO)COc1c(Cl)cccc1Cl. The molecule has 15 heavy (non-hydrogen) atoms. The molecule has 0 saturated heterocycles. The highest BCUT2D eigenvalue weighted by molar-refractivity contribution is 6.37. The monoisotopic (exact) mass is 249 g/mol. The molecule has 5 heteroatoms. The number of halogens is 2. The summed E-state index contributed by atoms with van der Waals surface area (Å²) in [5.41, 5.74) is 0. The molecule has 0 saturated carbocycles. The molecule has 1 rings (SSSR count). The third-order valence-electron chi connectivity index (χ3n) is 1.98. The second kappa shape index (κ2) is 6.18. The van der Waals surface area contributed by atoms with Crippen molar-refractivity contribution in [2.24, 2.45) is 0 Å². The number of para-hydroxylation sites is 1. The van der Waals surface area contributed by atoms with E-state index in [1.54, 1.807) is 25.2 Å². The van der Waals surface area contributed by atoms with Crippen LogP contribution < -0.4 is 10.1 Å². The van der Waals surface area contributed by atoms with Crippen LogP contribution in [0.5, 0.6) is 5.75 Å². The van der Waals surface area contributed by atoms with E-state index in [0.29, 0.717) is 22.4 Å². The summed E-state index contributed by atoms with van der Waals surface area (Å²) in [6, 6.07) is 5.03. The Morgan fingerprint density at radius 3 is 2.47 bits per heavy atom. The van der Waals surface area contributed by atoms with Crippen molar-refractivity contribution in [3.8, 4) is 5.75 Å². The Morgan fingerprint density at radius 1 is 1.40 bits per heavy atom. The zero-order valence-electron chi connectivity index (χ0n) is 8.34. The Bertz CT molecular complexity index is 296. The summed E-state index contributed by atoms with van der Waals surface area (Å²) in [5.74, 6) is 0.453. The number of hydrogen-bond donors (Lipinski definition) is 2. The van der Waals surface area contributed by atoms with Crippen molar-refractivity contribution in [2.75, 3.05) is 20.3 Å². The number of hydrogen-bond acceptors (Lipinski definition) is 3. The highest BCUT2D eigenvalue weighted by Crippen LogP contribution is 2.32. The van der Waals surface area contributed by atoms with Gasteiger partial charge in [0.15, 0.2) is 5.75 Å². The molecule has 0 aromatic heterocycles. The van der Waals surface area contributed by atoms with Gasteiger partial charge in [0.25, 0.3) is 0 Å². The lowest BCUT2D eigenvalue weighted by atomic mass is 10.3. The molecule has 0 heterocycles. The van der Waals surface area contributed by atoms with Gasteiger partial charge < -0.3 is 15.2 Å². The Balaban J connectivity index is 2.64. The highest BCUT2D eigenvalue weighted by Gasteiger charge is 2.10. The van der Waals surface area contributed by atoms with Crippen molar-refractivity contribution >= 4 is 23.2 Å². The number of benzene rings is 1. The first-order valence-electron chi connectivity index (χ1n) is 4.54. The van der Waals surface area contributed by atoms with E-state index in [1.807, 2.05) is 0 Å². The minimum absolute atomic E-state index is 0.00142. The molecule has 1 atom stereocenters. The number of aliphatic hydroxyl groups is 1. The second-order valence-electron chi connectivity index (χ2n) is 3.03. The summed E-state index contributed by atoms with van der Waals surface area (Å²) in [4.78, 5) is 0. The molecule has 0 radical (unpaired) electrons. The maximum Gasteiger partial charge on any atom is 0.156 e. The van der Waals surface area contributed by atoms with Crippen LogP contribution >= 0.6 is 23.2 Å². The van der Waals surface area contributed by atoms with Gasteiger partial charge >= 0.3 is 0 Å². The van der Waals surface area contributed by atoms with Gasteiger partial charge in [0.05, 0.1) is 22.7 Å². The van der Waals surface area contributed by atoms with Crippen molar-refractivity contribution in [2.45, 2.75) is 6.04 Å². The van der Waals surface area contributed by atoms with Crippen LogP contribution in [0.2, 0.25) is 10.0 Å². The molecule has 0 aliphatic heterocycles. The Hall–Kier alpha value is -0.480. The molecular weight excluding hydrogens is 237 g/mol. The average Bonchev–Trinajstić information content (AvgIpc) is 2.23. The molecule has 0 bridgehead atoms. The first-order chi connectivity index (χ1) is 7.19. The lowest BCUT2D eigenvalue weighted by Gasteiger charge is -2.15. The molecule has 1 aromatic carbocycles. The van der Waals surface area contributed by atoms with Gasteiger partial charge in [-0.2, -0.15) is 0 Å². The predicted molar refractivity (Wildman–Crippen MR) is 61.9 cm³/mol. The van der Waals surface area contributed by atoms with E-state index in [-0.39, 0.29) is 12.6 Å². The van der Waals surface area contributed by atoms with Gasteiger partial charge in [-0.3, -0.25) is 0 Å². The Kier molecular flexibility index (Phi) is 5.19. The maximum atomic E-state index is 8.93. The smallest absolute Gasteiger partial charge is 0.156 e. The largest absolute Gasteiger partial charge is 0.489 e. The molecule has 0 aliphatic rings. The van der Waals surface area contributed by atoms with Gasteiger partial charge in [0, 0.05) is 0 Å². The molecule has 1 aromatic rings. The molecule has 1 unspecified atom stereocenters. The zero-order chi connectivity index (χ0) is 11.3. The van der Waals surface area contributed by atoms with Crippen LogP contribution in [-0.4, -0.2) is 31.4 Å². The number of rotatable bonds is 5. The van der Waals surface area contributed by atoms with Gasteiger partial charge in [0.1, 0.15) is 6.61 Å². The van der Waals surface area contributed by atoms with Crippen LogP contribution in [-0.2, 0) is 0 Å². The average molecular weight is 250 g/mol. The van der Waals surface area contributed by atoms with E-state index in [2.05, 4.69) is 5.32 Å². The van der Waals surface area contributed by atoms with E-state index < -0.39 is 0 Å². The summed E-state index contributed by atoms with van der Waals surface area (Å²) >= 11 is 11.8. The topological polar surface area (TPSA) is 41.5 Å². The molecule has 0 spiro atoms. The molecular formula is C10H13Cl2NO2. The Labute approximate surface area is 99.0 Å². The van der Waals surface area contributed by atoms with Crippen LogP contribution in [0.3, 0.4) is 0 Å². The summed E-state index contributed by atoms with van der Waals surface area (Å²) < 4.78 is 5.43. The Morgan fingerprint density at radius 2 is 2.00 bits per heavy atom. The van der Waals surface area contributed by atoms with Crippen molar-refractivity contribution < 1.29 is 9.84 Å². The van der Waals surface area contributed by atoms with E-state index >= 15 is 0 Å². The van der Waals surface area contributed by atoms with Gasteiger partial charge in [-0.25, -0.2) is 0 Å². The lowest BCUT2D eigenvalue weighted by Crippen LogP contribution is -2.35. The predicted octanol–water partition coefficient (Wildman–Crippen LogP) is 1.95. The molecule has 84 valence electrons. The van der Waals surface area contributed by atoms with Crippen LogP contribution in [0.4, 0.5) is 0 Å². The fraction of sp³-hybridized carbons (Fsp3) is 0.400. The summed E-state index contributed by atoms with van der Waals surface area (Å²) in [5, 5.41) is 12.8. The van der Waals surface area contributed by atoms with E-state index in [0.717, 1.165) is 0 Å². The van der Waals surface area contributed by atoms with E-state index in [1.165, 1.54) is 0 Å². The van der Waals surface area contributed by atoms with Crippen LogP contribution in [0.25, 0.3) is 0 Å². The van der Waals surface area contributed by atoms with Crippen LogP contribution in [0.1, 0.15) is 0 Å². The third kappa shape index (κ3) is 3.54. The fourth-order valence-corrected chi connectivity index (χ4v) is 1.54. The first-order valence-corrected chi connectivity index (χ1v) is 5.29. The first kappa shape index (κ1) is 12.6. The molecule has 0 amide bonds. The zero-order valence-corrected chi connectivity index (χ0v) is 9.85. The van der Waals surface area contributed by atoms with Crippen LogP contribution in [0.15, 0.2) is 18.2 Å². The highest BCUT2D eigenvalue weighted by atomic mass is 35.5. The maximum absolute atomic E-state index is 8.93. The van der Waals surface area contributed by atoms with Gasteiger partial charge in [-0.05, 0) is 19.2 Å². The summed E-state index contributed by atoms with van der Waals surface area (Å²) in [6.45, 7) is 0.315. The van der Waals surface area contributed by atoms with Gasteiger partial charge in [0.2, 0.25) is 0 Å². The number of nitrogens with one attached hydrogen (secondary N) is 1. The van der Waals surface area contributed by atoms with Gasteiger partial charge in [-0.1, -0.05) is 29.3 Å². The minimum atomic E-state index is -0.127. The van der Waals surface area contributed by atoms with Crippen molar-refractivity contribution in [1.29, 1.82) is 0 Å². The van der Waals surface area contributed by atoms with Crippen molar-refractivity contribution in [3.63, 3.8) is 0 Å².